The number of fused-ring (bicyclic) bond motifs is 9. The molecule has 0 saturated carbocycles. The molecule has 0 atom stereocenters. The molecule has 15 aromatic rings. The molecule has 0 aliphatic carbocycles. The fraction of sp³-hybridized carbons (Fsp3) is 0. The van der Waals surface area contributed by atoms with Crippen LogP contribution in [0.1, 0.15) is 0 Å². The first-order chi connectivity index (χ1) is 39.7. The van der Waals surface area contributed by atoms with E-state index in [0.717, 1.165) is 101 Å². The van der Waals surface area contributed by atoms with Crippen molar-refractivity contribution in [2.45, 2.75) is 0 Å². The van der Waals surface area contributed by atoms with Crippen molar-refractivity contribution >= 4 is 116 Å². The molecule has 376 valence electrons. The van der Waals surface area contributed by atoms with E-state index in [1.54, 1.807) is 0 Å². The zero-order chi connectivity index (χ0) is 52.9. The first-order valence-electron chi connectivity index (χ1n) is 27.3. The lowest BCUT2D eigenvalue weighted by Crippen LogP contribution is -2.16. The summed E-state index contributed by atoms with van der Waals surface area (Å²) in [7, 11) is 0. The highest BCUT2D eigenvalue weighted by atomic mass is 16.3. The molecule has 1 heterocycles. The summed E-state index contributed by atoms with van der Waals surface area (Å²) in [6, 6.07) is 112. The lowest BCUT2D eigenvalue weighted by atomic mass is 9.98. The van der Waals surface area contributed by atoms with Gasteiger partial charge in [-0.3, -0.25) is 0 Å². The largest absolute Gasteiger partial charge is 0.456 e. The van der Waals surface area contributed by atoms with Crippen LogP contribution in [0.4, 0.5) is 51.2 Å². The van der Waals surface area contributed by atoms with Crippen LogP contribution in [0, 0.1) is 0 Å². The van der Waals surface area contributed by atoms with E-state index in [0.29, 0.717) is 0 Å². The van der Waals surface area contributed by atoms with Gasteiger partial charge in [-0.05, 0) is 152 Å². The number of furan rings is 1. The maximum absolute atomic E-state index is 6.26. The number of anilines is 9. The Morgan fingerprint density at radius 2 is 0.537 bits per heavy atom. The van der Waals surface area contributed by atoms with Crippen LogP contribution >= 0.6 is 0 Å². The molecule has 14 aromatic carbocycles. The molecule has 0 aliphatic heterocycles. The highest BCUT2D eigenvalue weighted by Crippen LogP contribution is 2.50. The van der Waals surface area contributed by atoms with Crippen LogP contribution < -0.4 is 14.7 Å². The van der Waals surface area contributed by atoms with Gasteiger partial charge < -0.3 is 19.1 Å². The predicted molar refractivity (Wildman–Crippen MR) is 339 cm³/mol. The van der Waals surface area contributed by atoms with Crippen molar-refractivity contribution in [3.63, 3.8) is 0 Å². The van der Waals surface area contributed by atoms with Crippen LogP contribution in [0.5, 0.6) is 0 Å². The Labute approximate surface area is 464 Å². The third kappa shape index (κ3) is 8.26. The average molecular weight is 1020 g/mol. The summed E-state index contributed by atoms with van der Waals surface area (Å²) in [4.78, 5) is 7.33. The molecule has 15 rings (SSSR count). The minimum atomic E-state index is 0.884. The van der Waals surface area contributed by atoms with Crippen molar-refractivity contribution in [3.8, 4) is 22.3 Å². The van der Waals surface area contributed by atoms with E-state index >= 15 is 0 Å². The van der Waals surface area contributed by atoms with Gasteiger partial charge in [-0.15, -0.1) is 0 Å². The highest BCUT2D eigenvalue weighted by molar-refractivity contribution is 6.16. The van der Waals surface area contributed by atoms with Gasteiger partial charge in [0.15, 0.2) is 0 Å². The second kappa shape index (κ2) is 19.7. The van der Waals surface area contributed by atoms with Crippen molar-refractivity contribution in [2.75, 3.05) is 14.7 Å². The summed E-state index contributed by atoms with van der Waals surface area (Å²) in [6.07, 6.45) is 0. The summed E-state index contributed by atoms with van der Waals surface area (Å²) in [5, 5.41) is 11.7. The van der Waals surface area contributed by atoms with Gasteiger partial charge in [0.25, 0.3) is 0 Å². The second-order valence-electron chi connectivity index (χ2n) is 20.5. The quantitative estimate of drug-likeness (QED) is 0.120. The molecule has 0 N–H and O–H groups in total. The molecule has 1 aromatic heterocycles. The predicted octanol–water partition coefficient (Wildman–Crippen LogP) is 21.9. The van der Waals surface area contributed by atoms with Crippen LogP contribution in [0.15, 0.2) is 314 Å². The van der Waals surface area contributed by atoms with Gasteiger partial charge in [-0.2, -0.15) is 0 Å². The minimum absolute atomic E-state index is 0.884. The number of rotatable bonds is 11. The van der Waals surface area contributed by atoms with Crippen LogP contribution in [-0.4, -0.2) is 0 Å². The maximum Gasteiger partial charge on any atom is 0.135 e. The number of hydrogen-bond acceptors (Lipinski definition) is 4. The van der Waals surface area contributed by atoms with E-state index in [9.17, 15) is 0 Å². The SMILES string of the molecule is c1ccc(-c2ccc(N(c3ccc(-c4ccc5oc6ccccc6c5c4)cc3)c3cc(N(c4ccccc4)c4cc5ccccc5c5ccccc45)cc(N(c4ccccc4)c4cc5ccccc5c5ccccc45)c3)cc2)cc1. The Morgan fingerprint density at radius 1 is 0.188 bits per heavy atom. The molecule has 0 spiro atoms. The minimum Gasteiger partial charge on any atom is -0.456 e. The zero-order valence-corrected chi connectivity index (χ0v) is 43.7. The number of hydrogen-bond donors (Lipinski definition) is 0. The van der Waals surface area contributed by atoms with Crippen LogP contribution in [0.25, 0.3) is 87.3 Å². The third-order valence-electron chi connectivity index (χ3n) is 15.7. The first kappa shape index (κ1) is 46.6. The fourth-order valence-corrected chi connectivity index (χ4v) is 12.0. The molecule has 0 bridgehead atoms. The monoisotopic (exact) mass is 1020 g/mol. The van der Waals surface area contributed by atoms with E-state index in [2.05, 4.69) is 312 Å². The zero-order valence-electron chi connectivity index (χ0n) is 43.7. The first-order valence-corrected chi connectivity index (χ1v) is 27.3. The lowest BCUT2D eigenvalue weighted by Gasteiger charge is -2.34. The van der Waals surface area contributed by atoms with Gasteiger partial charge in [0.05, 0.1) is 28.4 Å². The normalized spacial score (nSPS) is 11.5. The van der Waals surface area contributed by atoms with E-state index in [-0.39, 0.29) is 0 Å². The molecule has 0 amide bonds. The van der Waals surface area contributed by atoms with Crippen molar-refractivity contribution in [1.82, 2.24) is 0 Å². The van der Waals surface area contributed by atoms with E-state index in [1.807, 2.05) is 12.1 Å². The lowest BCUT2D eigenvalue weighted by molar-refractivity contribution is 0.669. The van der Waals surface area contributed by atoms with Crippen molar-refractivity contribution < 1.29 is 4.42 Å². The Hall–Kier alpha value is -10.7. The summed E-state index contributed by atoms with van der Waals surface area (Å²) in [5.74, 6) is 0. The molecular weight excluding hydrogens is 971 g/mol. The van der Waals surface area contributed by atoms with Crippen LogP contribution in [0.2, 0.25) is 0 Å². The summed E-state index contributed by atoms with van der Waals surface area (Å²) < 4.78 is 6.26. The topological polar surface area (TPSA) is 22.9 Å². The standard InChI is InChI=1S/C76H51N3O/c1-4-20-52(21-5-1)53-36-41-60(42-37-53)77(61-43-38-54(39-44-61)55-40-45-76-72(46-55)71-34-18-19-35-75(71)80-76)62-49-63(78(58-24-6-2-7-25-58)73-47-56-22-10-12-28-65(56)67-30-14-16-32-69(67)73)51-64(50-62)79(59-26-8-3-9-27-59)74-48-57-23-11-13-29-66(57)68-31-15-17-33-70(68)74/h1-51H. The molecule has 0 fully saturated rings. The molecule has 0 aliphatic rings. The van der Waals surface area contributed by atoms with E-state index in [1.165, 1.54) is 37.9 Å². The maximum atomic E-state index is 6.26. The second-order valence-corrected chi connectivity index (χ2v) is 20.5. The van der Waals surface area contributed by atoms with Crippen LogP contribution in [-0.2, 0) is 0 Å². The highest BCUT2D eigenvalue weighted by Gasteiger charge is 2.25. The smallest absolute Gasteiger partial charge is 0.135 e. The molecular formula is C76H51N3O. The number of nitrogens with zero attached hydrogens (tertiary/aromatic N) is 3. The van der Waals surface area contributed by atoms with Gasteiger partial charge in [0, 0.05) is 44.3 Å². The van der Waals surface area contributed by atoms with Crippen LogP contribution in [0.3, 0.4) is 0 Å². The Morgan fingerprint density at radius 3 is 1.05 bits per heavy atom. The third-order valence-corrected chi connectivity index (χ3v) is 15.7. The Kier molecular flexibility index (Phi) is 11.5. The summed E-state index contributed by atoms with van der Waals surface area (Å²) in [5.41, 5.74) is 15.6. The van der Waals surface area contributed by atoms with Gasteiger partial charge in [-0.25, -0.2) is 0 Å². The fourth-order valence-electron chi connectivity index (χ4n) is 12.0. The molecule has 80 heavy (non-hydrogen) atoms. The van der Waals surface area contributed by atoms with Gasteiger partial charge in [0.2, 0.25) is 0 Å². The van der Waals surface area contributed by atoms with Crippen molar-refractivity contribution in [1.29, 1.82) is 0 Å². The Balaban J connectivity index is 1.01. The van der Waals surface area contributed by atoms with Gasteiger partial charge in [0.1, 0.15) is 11.2 Å². The molecule has 4 heteroatoms. The van der Waals surface area contributed by atoms with E-state index < -0.39 is 0 Å². The Bertz CT molecular complexity index is 4580. The van der Waals surface area contributed by atoms with Gasteiger partial charge >= 0.3 is 0 Å². The van der Waals surface area contributed by atoms with E-state index in [4.69, 9.17) is 4.42 Å². The molecule has 0 saturated heterocycles. The summed E-state index contributed by atoms with van der Waals surface area (Å²) in [6.45, 7) is 0. The number of benzene rings is 14. The van der Waals surface area contributed by atoms with Crippen molar-refractivity contribution in [2.24, 2.45) is 0 Å². The molecule has 0 radical (unpaired) electrons. The molecule has 0 unspecified atom stereocenters. The average Bonchev–Trinajstić information content (AvgIpc) is 3.92. The summed E-state index contributed by atoms with van der Waals surface area (Å²) >= 11 is 0. The van der Waals surface area contributed by atoms with Gasteiger partial charge in [-0.1, -0.05) is 212 Å². The number of para-hydroxylation sites is 3. The van der Waals surface area contributed by atoms with Crippen molar-refractivity contribution in [3.05, 3.63) is 309 Å². The molecule has 4 nitrogen and oxygen atoms in total.